The van der Waals surface area contributed by atoms with Crippen molar-refractivity contribution in [2.75, 3.05) is 13.1 Å². The van der Waals surface area contributed by atoms with E-state index >= 15 is 0 Å². The Kier molecular flexibility index (Phi) is 7.14. The molecule has 9 nitrogen and oxygen atoms in total. The standard InChI is InChI=1S/C23H23ClN6O3S/c1-14(12-30-9-6-19(28-30)16-2-3-17(11-25)18(24)10-16)26-21(31)20-13-34-22(27-20)15-4-7-29(8-5-15)23(32)33/h2-3,6,9-10,13-15H,4-5,7-8,12H2,1H3,(H,26,31)(H,32,33). The maximum atomic E-state index is 12.7. The monoisotopic (exact) mass is 498 g/mol. The number of thiazole rings is 1. The first-order chi connectivity index (χ1) is 16.3. The van der Waals surface area contributed by atoms with E-state index < -0.39 is 6.09 Å². The zero-order chi connectivity index (χ0) is 24.2. The van der Waals surface area contributed by atoms with Crippen molar-refractivity contribution >= 4 is 34.9 Å². The summed E-state index contributed by atoms with van der Waals surface area (Å²) in [5.41, 5.74) is 2.32. The van der Waals surface area contributed by atoms with Crippen LogP contribution in [0.25, 0.3) is 11.3 Å². The summed E-state index contributed by atoms with van der Waals surface area (Å²) in [5.74, 6) is -0.0676. The first-order valence-corrected chi connectivity index (χ1v) is 12.1. The zero-order valence-corrected chi connectivity index (χ0v) is 20.0. The van der Waals surface area contributed by atoms with Crippen LogP contribution in [-0.4, -0.2) is 55.9 Å². The number of hydrogen-bond acceptors (Lipinski definition) is 6. The minimum Gasteiger partial charge on any atom is -0.465 e. The molecule has 1 aliphatic heterocycles. The van der Waals surface area contributed by atoms with Crippen LogP contribution in [0.4, 0.5) is 4.79 Å². The van der Waals surface area contributed by atoms with E-state index in [0.717, 1.165) is 16.3 Å². The van der Waals surface area contributed by atoms with E-state index in [4.69, 9.17) is 22.0 Å². The number of hydrogen-bond donors (Lipinski definition) is 2. The molecule has 11 heteroatoms. The van der Waals surface area contributed by atoms with Crippen molar-refractivity contribution in [1.82, 2.24) is 25.0 Å². The number of likely N-dealkylation sites (tertiary alicyclic amines) is 1. The number of nitrogens with one attached hydrogen (secondary N) is 1. The van der Waals surface area contributed by atoms with Gasteiger partial charge in [0.15, 0.2) is 0 Å². The predicted octanol–water partition coefficient (Wildman–Crippen LogP) is 4.21. The third kappa shape index (κ3) is 5.38. The summed E-state index contributed by atoms with van der Waals surface area (Å²) in [5, 5.41) is 28.6. The molecule has 1 atom stereocenters. The lowest BCUT2D eigenvalue weighted by molar-refractivity contribution is 0.0931. The van der Waals surface area contributed by atoms with Gasteiger partial charge in [-0.15, -0.1) is 11.3 Å². The molecule has 1 unspecified atom stereocenters. The van der Waals surface area contributed by atoms with Crippen LogP contribution in [0.3, 0.4) is 0 Å². The summed E-state index contributed by atoms with van der Waals surface area (Å²) in [6, 6.07) is 8.88. The molecule has 0 saturated carbocycles. The molecule has 1 aliphatic rings. The molecule has 0 bridgehead atoms. The van der Waals surface area contributed by atoms with Crippen LogP contribution in [0.15, 0.2) is 35.8 Å². The Morgan fingerprint density at radius 2 is 2.12 bits per heavy atom. The van der Waals surface area contributed by atoms with E-state index in [0.29, 0.717) is 48.8 Å². The van der Waals surface area contributed by atoms with E-state index in [1.807, 2.05) is 25.3 Å². The normalized spacial score (nSPS) is 15.0. The van der Waals surface area contributed by atoms with Crippen molar-refractivity contribution in [2.24, 2.45) is 0 Å². The Labute approximate surface area is 205 Å². The third-order valence-corrected chi connectivity index (χ3v) is 7.05. The van der Waals surface area contributed by atoms with Crippen LogP contribution < -0.4 is 5.32 Å². The average Bonchev–Trinajstić information content (AvgIpc) is 3.49. The number of carbonyl (C=O) groups is 2. The van der Waals surface area contributed by atoms with Crippen LogP contribution in [0.2, 0.25) is 5.02 Å². The highest BCUT2D eigenvalue weighted by Gasteiger charge is 2.26. The molecule has 0 spiro atoms. The number of nitrogens with zero attached hydrogens (tertiary/aromatic N) is 5. The highest BCUT2D eigenvalue weighted by molar-refractivity contribution is 7.09. The number of carboxylic acid groups (broad SMARTS) is 1. The van der Waals surface area contributed by atoms with Gasteiger partial charge in [-0.1, -0.05) is 17.7 Å². The zero-order valence-electron chi connectivity index (χ0n) is 18.4. The topological polar surface area (TPSA) is 124 Å². The largest absolute Gasteiger partial charge is 0.465 e. The average molecular weight is 499 g/mol. The van der Waals surface area contributed by atoms with E-state index in [1.54, 1.807) is 28.3 Å². The molecule has 34 heavy (non-hydrogen) atoms. The highest BCUT2D eigenvalue weighted by atomic mass is 35.5. The molecular weight excluding hydrogens is 476 g/mol. The van der Waals surface area contributed by atoms with Gasteiger partial charge in [-0.05, 0) is 38.0 Å². The second-order valence-corrected chi connectivity index (χ2v) is 9.52. The summed E-state index contributed by atoms with van der Waals surface area (Å²) in [6.45, 7) is 3.34. The van der Waals surface area contributed by atoms with Gasteiger partial charge in [0.25, 0.3) is 5.91 Å². The summed E-state index contributed by atoms with van der Waals surface area (Å²) in [6.07, 6.45) is 2.36. The Balaban J connectivity index is 1.32. The highest BCUT2D eigenvalue weighted by Crippen LogP contribution is 2.30. The quantitative estimate of drug-likeness (QED) is 0.524. The maximum Gasteiger partial charge on any atom is 0.407 e. The fourth-order valence-corrected chi connectivity index (χ4v) is 5.10. The van der Waals surface area contributed by atoms with Crippen molar-refractivity contribution < 1.29 is 14.7 Å². The van der Waals surface area contributed by atoms with Gasteiger partial charge >= 0.3 is 6.09 Å². The van der Waals surface area contributed by atoms with E-state index in [1.165, 1.54) is 16.2 Å². The van der Waals surface area contributed by atoms with Crippen molar-refractivity contribution in [1.29, 1.82) is 5.26 Å². The number of nitriles is 1. The third-order valence-electron chi connectivity index (χ3n) is 5.73. The maximum absolute atomic E-state index is 12.7. The molecule has 1 saturated heterocycles. The summed E-state index contributed by atoms with van der Waals surface area (Å²) in [4.78, 5) is 29.7. The van der Waals surface area contributed by atoms with Crippen molar-refractivity contribution in [2.45, 2.75) is 38.3 Å². The molecule has 0 aliphatic carbocycles. The number of amides is 2. The van der Waals surface area contributed by atoms with Gasteiger partial charge < -0.3 is 15.3 Å². The lowest BCUT2D eigenvalue weighted by Gasteiger charge is -2.28. The first-order valence-electron chi connectivity index (χ1n) is 10.8. The van der Waals surface area contributed by atoms with E-state index in [9.17, 15) is 9.59 Å². The predicted molar refractivity (Wildman–Crippen MR) is 128 cm³/mol. The molecule has 2 N–H and O–H groups in total. The Hall–Kier alpha value is -3.42. The first kappa shape index (κ1) is 23.7. The summed E-state index contributed by atoms with van der Waals surface area (Å²) in [7, 11) is 0. The van der Waals surface area contributed by atoms with Crippen LogP contribution in [-0.2, 0) is 6.54 Å². The van der Waals surface area contributed by atoms with Gasteiger partial charge in [0.05, 0.1) is 27.8 Å². The van der Waals surface area contributed by atoms with Crippen LogP contribution in [0.5, 0.6) is 0 Å². The SMILES string of the molecule is CC(Cn1ccc(-c2ccc(C#N)c(Cl)c2)n1)NC(=O)c1csc(C2CCN(C(=O)O)CC2)n1. The molecule has 3 heterocycles. The van der Waals surface area contributed by atoms with Gasteiger partial charge in [-0.3, -0.25) is 9.48 Å². The number of benzene rings is 1. The van der Waals surface area contributed by atoms with Gasteiger partial charge in [0.2, 0.25) is 0 Å². The van der Waals surface area contributed by atoms with Crippen molar-refractivity contribution in [3.63, 3.8) is 0 Å². The van der Waals surface area contributed by atoms with E-state index in [2.05, 4.69) is 15.4 Å². The number of aromatic nitrogens is 3. The fraction of sp³-hybridized carbons (Fsp3) is 0.348. The Morgan fingerprint density at radius 1 is 1.35 bits per heavy atom. The number of halogens is 1. The van der Waals surface area contributed by atoms with Crippen molar-refractivity contribution in [3.8, 4) is 17.3 Å². The molecule has 2 amide bonds. The smallest absolute Gasteiger partial charge is 0.407 e. The Bertz CT molecular complexity index is 1240. The molecular formula is C23H23ClN6O3S. The van der Waals surface area contributed by atoms with Crippen LogP contribution in [0, 0.1) is 11.3 Å². The summed E-state index contributed by atoms with van der Waals surface area (Å²) < 4.78 is 1.75. The fourth-order valence-electron chi connectivity index (χ4n) is 3.90. The minimum atomic E-state index is -0.892. The lowest BCUT2D eigenvalue weighted by atomic mass is 9.98. The minimum absolute atomic E-state index is 0.179. The number of piperidine rings is 1. The van der Waals surface area contributed by atoms with Crippen LogP contribution >= 0.6 is 22.9 Å². The summed E-state index contributed by atoms with van der Waals surface area (Å²) >= 11 is 7.56. The molecule has 0 radical (unpaired) electrons. The Morgan fingerprint density at radius 3 is 2.79 bits per heavy atom. The second-order valence-electron chi connectivity index (χ2n) is 8.22. The van der Waals surface area contributed by atoms with Gasteiger partial charge in [-0.2, -0.15) is 10.4 Å². The van der Waals surface area contributed by atoms with Gasteiger partial charge in [-0.25, -0.2) is 9.78 Å². The molecule has 1 aromatic carbocycles. The van der Waals surface area contributed by atoms with E-state index in [-0.39, 0.29) is 17.9 Å². The number of rotatable bonds is 6. The second kappa shape index (κ2) is 10.2. The number of carbonyl (C=O) groups excluding carboxylic acids is 1. The molecule has 176 valence electrons. The van der Waals surface area contributed by atoms with Gasteiger partial charge in [0, 0.05) is 42.2 Å². The lowest BCUT2D eigenvalue weighted by Crippen LogP contribution is -2.37. The van der Waals surface area contributed by atoms with Crippen molar-refractivity contribution in [3.05, 3.63) is 57.1 Å². The molecule has 2 aromatic heterocycles. The van der Waals surface area contributed by atoms with Crippen LogP contribution in [0.1, 0.15) is 46.7 Å². The molecule has 4 rings (SSSR count). The molecule has 3 aromatic rings. The molecule has 1 fully saturated rings. The van der Waals surface area contributed by atoms with Gasteiger partial charge in [0.1, 0.15) is 11.8 Å².